The Bertz CT molecular complexity index is 350. The van der Waals surface area contributed by atoms with Gasteiger partial charge in [-0.2, -0.15) is 0 Å². The molecule has 0 spiro atoms. The van der Waals surface area contributed by atoms with Crippen LogP contribution in [0.25, 0.3) is 0 Å². The molecular weight excluding hydrogens is 224 g/mol. The Morgan fingerprint density at radius 2 is 2.06 bits per heavy atom. The van der Waals surface area contributed by atoms with Crippen LogP contribution < -0.4 is 10.6 Å². The number of piperidine rings is 1. The summed E-state index contributed by atoms with van der Waals surface area (Å²) in [5, 5.41) is 0.543. The van der Waals surface area contributed by atoms with Crippen molar-refractivity contribution in [2.75, 3.05) is 24.5 Å². The van der Waals surface area contributed by atoms with Crippen molar-refractivity contribution in [3.8, 4) is 0 Å². The fraction of sp³-hybridized carbons (Fsp3) is 0.636. The minimum atomic E-state index is 0.543. The monoisotopic (exact) mass is 240 g/mol. The third-order valence-corrected chi connectivity index (χ3v) is 3.18. The summed E-state index contributed by atoms with van der Waals surface area (Å²) in [6, 6.07) is 0. The van der Waals surface area contributed by atoms with Gasteiger partial charge in [0.2, 0.25) is 5.95 Å². The Kier molecular flexibility index (Phi) is 3.96. The van der Waals surface area contributed by atoms with Gasteiger partial charge in [-0.15, -0.1) is 0 Å². The Hall–Kier alpha value is -0.870. The molecule has 88 valence electrons. The summed E-state index contributed by atoms with van der Waals surface area (Å²) in [7, 11) is 0. The van der Waals surface area contributed by atoms with Gasteiger partial charge in [0.1, 0.15) is 5.15 Å². The van der Waals surface area contributed by atoms with Gasteiger partial charge < -0.3 is 10.6 Å². The maximum Gasteiger partial charge on any atom is 0.226 e. The molecule has 16 heavy (non-hydrogen) atoms. The second kappa shape index (κ2) is 5.46. The van der Waals surface area contributed by atoms with Crippen LogP contribution in [0.3, 0.4) is 0 Å². The lowest BCUT2D eigenvalue weighted by Crippen LogP contribution is -2.31. The molecule has 1 fully saturated rings. The second-order valence-corrected chi connectivity index (χ2v) is 4.43. The molecule has 0 aliphatic carbocycles. The summed E-state index contributed by atoms with van der Waals surface area (Å²) in [4.78, 5) is 10.9. The van der Waals surface area contributed by atoms with E-state index in [0.717, 1.165) is 31.0 Å². The predicted molar refractivity (Wildman–Crippen MR) is 65.9 cm³/mol. The van der Waals surface area contributed by atoms with Crippen LogP contribution in [-0.4, -0.2) is 29.6 Å². The van der Waals surface area contributed by atoms with Crippen molar-refractivity contribution in [3.05, 3.63) is 16.9 Å². The number of anilines is 1. The molecule has 1 aromatic heterocycles. The largest absolute Gasteiger partial charge is 0.341 e. The van der Waals surface area contributed by atoms with Crippen molar-refractivity contribution in [1.82, 2.24) is 9.97 Å². The Morgan fingerprint density at radius 1 is 1.31 bits per heavy atom. The molecule has 2 rings (SSSR count). The van der Waals surface area contributed by atoms with Gasteiger partial charge in [0, 0.05) is 24.8 Å². The van der Waals surface area contributed by atoms with Gasteiger partial charge in [0.15, 0.2) is 0 Å². The molecule has 2 N–H and O–H groups in total. The molecule has 4 nitrogen and oxygen atoms in total. The number of aromatic nitrogens is 2. The topological polar surface area (TPSA) is 55.0 Å². The van der Waals surface area contributed by atoms with E-state index in [4.69, 9.17) is 17.3 Å². The summed E-state index contributed by atoms with van der Waals surface area (Å²) < 4.78 is 0. The zero-order chi connectivity index (χ0) is 11.4. The molecular formula is C11H17ClN4. The van der Waals surface area contributed by atoms with Crippen LogP contribution in [0.2, 0.25) is 5.15 Å². The average Bonchev–Trinajstić information content (AvgIpc) is 2.33. The lowest BCUT2D eigenvalue weighted by molar-refractivity contribution is 0.568. The van der Waals surface area contributed by atoms with Crippen LogP contribution in [0.1, 0.15) is 24.8 Å². The van der Waals surface area contributed by atoms with E-state index in [1.807, 2.05) is 0 Å². The predicted octanol–water partition coefficient (Wildman–Crippen LogP) is 1.62. The average molecular weight is 241 g/mol. The molecule has 1 aromatic rings. The number of nitrogens with zero attached hydrogens (tertiary/aromatic N) is 3. The summed E-state index contributed by atoms with van der Waals surface area (Å²) in [5.74, 6) is 0.755. The fourth-order valence-electron chi connectivity index (χ4n) is 1.95. The number of halogens is 1. The van der Waals surface area contributed by atoms with Crippen molar-refractivity contribution in [2.45, 2.75) is 25.7 Å². The first-order valence-electron chi connectivity index (χ1n) is 5.77. The minimum absolute atomic E-state index is 0.543. The van der Waals surface area contributed by atoms with Crippen molar-refractivity contribution in [2.24, 2.45) is 5.73 Å². The third kappa shape index (κ3) is 2.62. The Labute approximate surface area is 101 Å². The van der Waals surface area contributed by atoms with E-state index in [9.17, 15) is 0 Å². The SMILES string of the molecule is NCCc1cnc(N2CCCCC2)nc1Cl. The molecule has 1 saturated heterocycles. The molecule has 1 aliphatic rings. The quantitative estimate of drug-likeness (QED) is 0.816. The summed E-state index contributed by atoms with van der Waals surface area (Å²) in [5.41, 5.74) is 6.42. The Balaban J connectivity index is 2.13. The van der Waals surface area contributed by atoms with Gasteiger partial charge >= 0.3 is 0 Å². The van der Waals surface area contributed by atoms with Crippen molar-refractivity contribution >= 4 is 17.5 Å². The first-order valence-corrected chi connectivity index (χ1v) is 6.15. The highest BCUT2D eigenvalue weighted by molar-refractivity contribution is 6.30. The van der Waals surface area contributed by atoms with E-state index in [-0.39, 0.29) is 0 Å². The summed E-state index contributed by atoms with van der Waals surface area (Å²) in [6.07, 6.45) is 6.26. The van der Waals surface area contributed by atoms with Gasteiger partial charge in [-0.05, 0) is 32.2 Å². The second-order valence-electron chi connectivity index (χ2n) is 4.07. The minimum Gasteiger partial charge on any atom is -0.341 e. The maximum absolute atomic E-state index is 6.09. The molecule has 1 aliphatic heterocycles. The van der Waals surface area contributed by atoms with Crippen LogP contribution in [0.15, 0.2) is 6.20 Å². The van der Waals surface area contributed by atoms with Gasteiger partial charge in [0.25, 0.3) is 0 Å². The standard InChI is InChI=1S/C11H17ClN4/c12-10-9(4-5-13)8-14-11(15-10)16-6-2-1-3-7-16/h8H,1-7,13H2. The lowest BCUT2D eigenvalue weighted by atomic mass is 10.1. The molecule has 0 aromatic carbocycles. The zero-order valence-corrected chi connectivity index (χ0v) is 10.1. The molecule has 2 heterocycles. The highest BCUT2D eigenvalue weighted by Crippen LogP contribution is 2.19. The first-order chi connectivity index (χ1) is 7.81. The lowest BCUT2D eigenvalue weighted by Gasteiger charge is -2.26. The zero-order valence-electron chi connectivity index (χ0n) is 9.32. The third-order valence-electron chi connectivity index (χ3n) is 2.85. The van der Waals surface area contributed by atoms with Gasteiger partial charge in [-0.3, -0.25) is 0 Å². The van der Waals surface area contributed by atoms with E-state index in [1.54, 1.807) is 6.20 Å². The molecule has 0 atom stereocenters. The highest BCUT2D eigenvalue weighted by atomic mass is 35.5. The van der Waals surface area contributed by atoms with Gasteiger partial charge in [-0.1, -0.05) is 11.6 Å². The smallest absolute Gasteiger partial charge is 0.226 e. The van der Waals surface area contributed by atoms with Crippen LogP contribution in [-0.2, 0) is 6.42 Å². The van der Waals surface area contributed by atoms with Gasteiger partial charge in [-0.25, -0.2) is 9.97 Å². The van der Waals surface area contributed by atoms with Crippen LogP contribution in [0, 0.1) is 0 Å². The van der Waals surface area contributed by atoms with E-state index in [1.165, 1.54) is 19.3 Å². The number of hydrogen-bond donors (Lipinski definition) is 1. The van der Waals surface area contributed by atoms with E-state index in [0.29, 0.717) is 11.7 Å². The van der Waals surface area contributed by atoms with Crippen molar-refractivity contribution in [1.29, 1.82) is 0 Å². The van der Waals surface area contributed by atoms with Gasteiger partial charge in [0.05, 0.1) is 0 Å². The highest BCUT2D eigenvalue weighted by Gasteiger charge is 2.14. The summed E-state index contributed by atoms with van der Waals surface area (Å²) in [6.45, 7) is 2.64. The molecule has 5 heteroatoms. The normalized spacial score (nSPS) is 16.5. The number of rotatable bonds is 3. The van der Waals surface area contributed by atoms with E-state index >= 15 is 0 Å². The Morgan fingerprint density at radius 3 is 2.69 bits per heavy atom. The van der Waals surface area contributed by atoms with E-state index in [2.05, 4.69) is 14.9 Å². The molecule has 0 saturated carbocycles. The molecule has 0 unspecified atom stereocenters. The number of nitrogens with two attached hydrogens (primary N) is 1. The van der Waals surface area contributed by atoms with Crippen LogP contribution >= 0.6 is 11.6 Å². The fourth-order valence-corrected chi connectivity index (χ4v) is 2.17. The van der Waals surface area contributed by atoms with Crippen molar-refractivity contribution in [3.63, 3.8) is 0 Å². The van der Waals surface area contributed by atoms with Crippen molar-refractivity contribution < 1.29 is 0 Å². The maximum atomic E-state index is 6.09. The molecule has 0 bridgehead atoms. The van der Waals surface area contributed by atoms with Crippen LogP contribution in [0.5, 0.6) is 0 Å². The first kappa shape index (κ1) is 11.6. The molecule has 0 radical (unpaired) electrons. The van der Waals surface area contributed by atoms with Crippen LogP contribution in [0.4, 0.5) is 5.95 Å². The van der Waals surface area contributed by atoms with E-state index < -0.39 is 0 Å². The molecule has 0 amide bonds. The summed E-state index contributed by atoms with van der Waals surface area (Å²) >= 11 is 6.09. The number of hydrogen-bond acceptors (Lipinski definition) is 4.